The summed E-state index contributed by atoms with van der Waals surface area (Å²) in [6.45, 7) is 7.18. The fourth-order valence-corrected chi connectivity index (χ4v) is 5.92. The topological polar surface area (TPSA) is 101 Å². The molecule has 8 nitrogen and oxygen atoms in total. The van der Waals surface area contributed by atoms with E-state index in [9.17, 15) is 9.59 Å². The predicted octanol–water partition coefficient (Wildman–Crippen LogP) is 3.90. The SMILES string of the molecule is CCc1nnc(NC(=O)c2csc(C3CCN(C(=O)c4sc(C)nc4C)CC3)n2)s1. The number of aromatic nitrogens is 4. The molecule has 0 aromatic carbocycles. The van der Waals surface area contributed by atoms with E-state index in [1.165, 1.54) is 34.0 Å². The maximum absolute atomic E-state index is 12.8. The van der Waals surface area contributed by atoms with Crippen LogP contribution in [0.4, 0.5) is 5.13 Å². The second-order valence-electron chi connectivity index (χ2n) is 7.09. The number of likely N-dealkylation sites (tertiary alicyclic amines) is 1. The number of thiazole rings is 2. The van der Waals surface area contributed by atoms with Gasteiger partial charge in [0.25, 0.3) is 11.8 Å². The minimum atomic E-state index is -0.264. The first-order chi connectivity index (χ1) is 14.4. The van der Waals surface area contributed by atoms with Gasteiger partial charge < -0.3 is 4.90 Å². The summed E-state index contributed by atoms with van der Waals surface area (Å²) >= 11 is 4.33. The van der Waals surface area contributed by atoms with Gasteiger partial charge >= 0.3 is 0 Å². The van der Waals surface area contributed by atoms with E-state index in [2.05, 4.69) is 25.5 Å². The Morgan fingerprint density at radius 3 is 2.57 bits per heavy atom. The van der Waals surface area contributed by atoms with Gasteiger partial charge in [-0.05, 0) is 33.1 Å². The standard InChI is InChI=1S/C19H22N6O2S3/c1-4-14-23-24-19(30-14)22-16(26)13-9-28-17(21-13)12-5-7-25(8-6-12)18(27)15-10(2)20-11(3)29-15/h9,12H,4-8H2,1-3H3,(H,22,24,26). The fourth-order valence-electron chi connectivity index (χ4n) is 3.39. The second-order valence-corrected chi connectivity index (χ2v) is 10.2. The van der Waals surface area contributed by atoms with E-state index < -0.39 is 0 Å². The highest BCUT2D eigenvalue weighted by atomic mass is 32.1. The summed E-state index contributed by atoms with van der Waals surface area (Å²) in [5.41, 5.74) is 1.21. The summed E-state index contributed by atoms with van der Waals surface area (Å²) in [4.78, 5) is 36.8. The molecule has 3 aromatic rings. The molecule has 0 aliphatic carbocycles. The Hall–Kier alpha value is -2.24. The smallest absolute Gasteiger partial charge is 0.276 e. The van der Waals surface area contributed by atoms with E-state index >= 15 is 0 Å². The third-order valence-electron chi connectivity index (χ3n) is 4.97. The maximum atomic E-state index is 12.8. The van der Waals surface area contributed by atoms with E-state index in [1.807, 2.05) is 25.7 Å². The quantitative estimate of drug-likeness (QED) is 0.617. The molecular formula is C19H22N6O2S3. The number of carbonyl (C=O) groups is 2. The molecule has 3 aromatic heterocycles. The second kappa shape index (κ2) is 8.86. The van der Waals surface area contributed by atoms with E-state index in [4.69, 9.17) is 0 Å². The Morgan fingerprint density at radius 1 is 1.17 bits per heavy atom. The molecule has 1 aliphatic rings. The highest BCUT2D eigenvalue weighted by molar-refractivity contribution is 7.15. The molecule has 1 fully saturated rings. The predicted molar refractivity (Wildman–Crippen MR) is 119 cm³/mol. The van der Waals surface area contributed by atoms with Gasteiger partial charge in [-0.15, -0.1) is 32.9 Å². The highest BCUT2D eigenvalue weighted by Gasteiger charge is 2.28. The van der Waals surface area contributed by atoms with Gasteiger partial charge in [0.15, 0.2) is 0 Å². The Kier molecular flexibility index (Phi) is 6.21. The summed E-state index contributed by atoms with van der Waals surface area (Å²) in [7, 11) is 0. The molecule has 0 saturated carbocycles. The summed E-state index contributed by atoms with van der Waals surface area (Å²) < 4.78 is 0. The lowest BCUT2D eigenvalue weighted by Crippen LogP contribution is -2.37. The first kappa shape index (κ1) is 21.0. The van der Waals surface area contributed by atoms with Crippen LogP contribution in [0.15, 0.2) is 5.38 Å². The van der Waals surface area contributed by atoms with Gasteiger partial charge in [-0.1, -0.05) is 18.3 Å². The summed E-state index contributed by atoms with van der Waals surface area (Å²) in [5.74, 6) is 0.0670. The number of aryl methyl sites for hydroxylation is 3. The van der Waals surface area contributed by atoms with Crippen molar-refractivity contribution < 1.29 is 9.59 Å². The van der Waals surface area contributed by atoms with Crippen LogP contribution in [0.5, 0.6) is 0 Å². The number of anilines is 1. The molecular weight excluding hydrogens is 440 g/mol. The van der Waals surface area contributed by atoms with Crippen molar-refractivity contribution in [1.29, 1.82) is 0 Å². The normalized spacial score (nSPS) is 14.8. The molecule has 0 unspecified atom stereocenters. The first-order valence-electron chi connectivity index (χ1n) is 9.77. The lowest BCUT2D eigenvalue weighted by atomic mass is 9.97. The molecule has 2 amide bonds. The fraction of sp³-hybridized carbons (Fsp3) is 0.474. The summed E-state index contributed by atoms with van der Waals surface area (Å²) in [6, 6.07) is 0. The number of nitrogens with zero attached hydrogens (tertiary/aromatic N) is 5. The lowest BCUT2D eigenvalue weighted by molar-refractivity contribution is 0.0717. The molecule has 1 aliphatic heterocycles. The number of carbonyl (C=O) groups excluding carboxylic acids is 2. The molecule has 0 atom stereocenters. The molecule has 1 saturated heterocycles. The molecule has 0 bridgehead atoms. The number of hydrogen-bond donors (Lipinski definition) is 1. The van der Waals surface area contributed by atoms with Crippen molar-refractivity contribution in [1.82, 2.24) is 25.1 Å². The van der Waals surface area contributed by atoms with Crippen LogP contribution in [-0.2, 0) is 6.42 Å². The van der Waals surface area contributed by atoms with Crippen LogP contribution in [0.25, 0.3) is 0 Å². The highest BCUT2D eigenvalue weighted by Crippen LogP contribution is 2.32. The number of nitrogens with one attached hydrogen (secondary N) is 1. The minimum Gasteiger partial charge on any atom is -0.338 e. The van der Waals surface area contributed by atoms with E-state index in [0.717, 1.165) is 44.9 Å². The Morgan fingerprint density at radius 2 is 1.93 bits per heavy atom. The van der Waals surface area contributed by atoms with Gasteiger partial charge in [0.1, 0.15) is 15.6 Å². The number of rotatable bonds is 5. The third-order valence-corrected chi connectivity index (χ3v) is 8.02. The molecule has 4 heterocycles. The Balaban J connectivity index is 1.35. The van der Waals surface area contributed by atoms with Gasteiger partial charge in [-0.2, -0.15) is 0 Å². The van der Waals surface area contributed by atoms with Crippen molar-refractivity contribution in [2.24, 2.45) is 0 Å². The first-order valence-corrected chi connectivity index (χ1v) is 12.3. The van der Waals surface area contributed by atoms with Crippen LogP contribution < -0.4 is 5.32 Å². The minimum absolute atomic E-state index is 0.0688. The Labute approximate surface area is 186 Å². The molecule has 30 heavy (non-hydrogen) atoms. The van der Waals surface area contributed by atoms with Crippen molar-refractivity contribution in [3.05, 3.63) is 36.7 Å². The van der Waals surface area contributed by atoms with E-state index in [-0.39, 0.29) is 17.7 Å². The lowest BCUT2D eigenvalue weighted by Gasteiger charge is -2.30. The summed E-state index contributed by atoms with van der Waals surface area (Å²) in [6.07, 6.45) is 2.47. The van der Waals surface area contributed by atoms with Crippen LogP contribution in [0.2, 0.25) is 0 Å². The van der Waals surface area contributed by atoms with Gasteiger partial charge in [0.05, 0.1) is 15.7 Å². The molecule has 158 valence electrons. The molecule has 4 rings (SSSR count). The average Bonchev–Trinajstić information content (AvgIpc) is 3.47. The maximum Gasteiger partial charge on any atom is 0.276 e. The number of piperidine rings is 1. The van der Waals surface area contributed by atoms with Crippen LogP contribution in [-0.4, -0.2) is 50.0 Å². The zero-order valence-corrected chi connectivity index (χ0v) is 19.4. The third kappa shape index (κ3) is 4.42. The van der Waals surface area contributed by atoms with Crippen LogP contribution >= 0.6 is 34.0 Å². The van der Waals surface area contributed by atoms with Crippen molar-refractivity contribution in [2.45, 2.75) is 46.0 Å². The molecule has 1 N–H and O–H groups in total. The largest absolute Gasteiger partial charge is 0.338 e. The molecule has 11 heteroatoms. The van der Waals surface area contributed by atoms with Crippen LogP contribution in [0, 0.1) is 13.8 Å². The van der Waals surface area contributed by atoms with Crippen molar-refractivity contribution in [3.63, 3.8) is 0 Å². The van der Waals surface area contributed by atoms with Crippen molar-refractivity contribution >= 4 is 51.0 Å². The van der Waals surface area contributed by atoms with E-state index in [1.54, 1.807) is 5.38 Å². The zero-order chi connectivity index (χ0) is 21.3. The van der Waals surface area contributed by atoms with Gasteiger partial charge in [-0.3, -0.25) is 14.9 Å². The van der Waals surface area contributed by atoms with Crippen molar-refractivity contribution in [2.75, 3.05) is 18.4 Å². The van der Waals surface area contributed by atoms with Crippen LogP contribution in [0.3, 0.4) is 0 Å². The van der Waals surface area contributed by atoms with E-state index in [0.29, 0.717) is 23.9 Å². The Bertz CT molecular complexity index is 1060. The van der Waals surface area contributed by atoms with Gasteiger partial charge in [-0.25, -0.2) is 9.97 Å². The van der Waals surface area contributed by atoms with Gasteiger partial charge in [0.2, 0.25) is 5.13 Å². The zero-order valence-electron chi connectivity index (χ0n) is 17.0. The average molecular weight is 463 g/mol. The number of amides is 2. The number of hydrogen-bond acceptors (Lipinski definition) is 9. The molecule has 0 spiro atoms. The van der Waals surface area contributed by atoms with Gasteiger partial charge in [0, 0.05) is 24.4 Å². The van der Waals surface area contributed by atoms with Crippen molar-refractivity contribution in [3.8, 4) is 0 Å². The summed E-state index contributed by atoms with van der Waals surface area (Å²) in [5, 5.41) is 15.8. The van der Waals surface area contributed by atoms with Crippen LogP contribution in [0.1, 0.15) is 66.6 Å². The molecule has 0 radical (unpaired) electrons. The monoisotopic (exact) mass is 462 g/mol.